The number of hydrogen-bond acceptors (Lipinski definition) is 6. The summed E-state index contributed by atoms with van der Waals surface area (Å²) in [5.74, 6) is 0.0893. The third-order valence-electron chi connectivity index (χ3n) is 2.62. The molecular weight excluding hydrogens is 240 g/mol. The minimum atomic E-state index is -0.168. The molecule has 1 aliphatic carbocycles. The summed E-state index contributed by atoms with van der Waals surface area (Å²) < 4.78 is 4.00. The van der Waals surface area contributed by atoms with Gasteiger partial charge in [0.05, 0.1) is 6.61 Å². The van der Waals surface area contributed by atoms with Crippen molar-refractivity contribution >= 4 is 28.3 Å². The largest absolute Gasteiger partial charge is 0.395 e. The molecule has 17 heavy (non-hydrogen) atoms. The number of carbonyl (C=O) groups is 1. The third kappa shape index (κ3) is 2.67. The topological polar surface area (TPSA) is 91.5 Å². The summed E-state index contributed by atoms with van der Waals surface area (Å²) in [6, 6.07) is 0.290. The first-order chi connectivity index (χ1) is 8.13. The molecule has 6 nitrogen and oxygen atoms in total. The number of amides is 1. The molecule has 0 saturated heterocycles. The van der Waals surface area contributed by atoms with Crippen LogP contribution in [0.3, 0.4) is 0 Å². The lowest BCUT2D eigenvalue weighted by molar-refractivity contribution is 0.0952. The second-order valence-corrected chi connectivity index (χ2v) is 4.89. The van der Waals surface area contributed by atoms with Gasteiger partial charge in [-0.05, 0) is 24.4 Å². The normalized spacial score (nSPS) is 14.7. The summed E-state index contributed by atoms with van der Waals surface area (Å²) in [4.78, 5) is 13.8. The molecule has 0 radical (unpaired) electrons. The quantitative estimate of drug-likeness (QED) is 0.692. The Balaban J connectivity index is 2.18. The van der Waals surface area contributed by atoms with E-state index in [9.17, 15) is 4.79 Å². The first-order valence-electron chi connectivity index (χ1n) is 5.51. The standard InChI is InChI=1S/C10H16N4O2S/c1-14(4-5-15)10-7(8(11)13-17-10)9(16)12-6-2-3-6/h6,15H,2-5H2,1H3,(H2,11,13)(H,12,16). The summed E-state index contributed by atoms with van der Waals surface area (Å²) in [6.45, 7) is 0.476. The average Bonchev–Trinajstić information content (AvgIpc) is 2.99. The van der Waals surface area contributed by atoms with Gasteiger partial charge in [-0.2, -0.15) is 4.37 Å². The molecule has 0 aliphatic heterocycles. The number of likely N-dealkylation sites (N-methyl/N-ethyl adjacent to an activating group) is 1. The smallest absolute Gasteiger partial charge is 0.258 e. The number of aromatic nitrogens is 1. The molecule has 0 bridgehead atoms. The fraction of sp³-hybridized carbons (Fsp3) is 0.600. The van der Waals surface area contributed by atoms with Gasteiger partial charge < -0.3 is 21.1 Å². The Hall–Kier alpha value is -1.34. The van der Waals surface area contributed by atoms with Crippen LogP contribution in [0.15, 0.2) is 0 Å². The van der Waals surface area contributed by atoms with Gasteiger partial charge in [0.2, 0.25) is 0 Å². The van der Waals surface area contributed by atoms with Crippen molar-refractivity contribution in [3.63, 3.8) is 0 Å². The Bertz CT molecular complexity index is 416. The summed E-state index contributed by atoms with van der Waals surface area (Å²) in [7, 11) is 1.80. The number of aliphatic hydroxyl groups excluding tert-OH is 1. The molecule has 0 aromatic carbocycles. The van der Waals surface area contributed by atoms with Gasteiger partial charge in [0.15, 0.2) is 5.82 Å². The summed E-state index contributed by atoms with van der Waals surface area (Å²) in [5.41, 5.74) is 6.15. The van der Waals surface area contributed by atoms with Gasteiger partial charge in [-0.15, -0.1) is 0 Å². The molecular formula is C10H16N4O2S. The second kappa shape index (κ2) is 4.89. The van der Waals surface area contributed by atoms with Crippen LogP contribution in [0.25, 0.3) is 0 Å². The van der Waals surface area contributed by atoms with Crippen LogP contribution in [0.4, 0.5) is 10.8 Å². The predicted octanol–water partition coefficient (Wildman–Crippen LogP) is 0.0460. The molecule has 0 atom stereocenters. The molecule has 0 spiro atoms. The Morgan fingerprint density at radius 2 is 2.41 bits per heavy atom. The van der Waals surface area contributed by atoms with Crippen molar-refractivity contribution in [2.75, 3.05) is 30.8 Å². The number of carbonyl (C=O) groups excluding carboxylic acids is 1. The van der Waals surface area contributed by atoms with Crippen LogP contribution in [0, 0.1) is 0 Å². The van der Waals surface area contributed by atoms with Crippen LogP contribution in [-0.2, 0) is 0 Å². The van der Waals surface area contributed by atoms with E-state index >= 15 is 0 Å². The van der Waals surface area contributed by atoms with Crippen molar-refractivity contribution in [1.29, 1.82) is 0 Å². The average molecular weight is 256 g/mol. The van der Waals surface area contributed by atoms with E-state index in [1.807, 2.05) is 0 Å². The van der Waals surface area contributed by atoms with Gasteiger partial charge in [0.1, 0.15) is 10.6 Å². The lowest BCUT2D eigenvalue weighted by Crippen LogP contribution is -2.29. The van der Waals surface area contributed by atoms with Gasteiger partial charge in [0.25, 0.3) is 5.91 Å². The highest BCUT2D eigenvalue weighted by Gasteiger charge is 2.28. The van der Waals surface area contributed by atoms with Crippen molar-refractivity contribution in [1.82, 2.24) is 9.69 Å². The molecule has 1 aliphatic rings. The minimum Gasteiger partial charge on any atom is -0.395 e. The van der Waals surface area contributed by atoms with Crippen LogP contribution in [-0.4, -0.2) is 41.6 Å². The summed E-state index contributed by atoms with van der Waals surface area (Å²) in [5, 5.41) is 12.5. The van der Waals surface area contributed by atoms with Crippen LogP contribution >= 0.6 is 11.5 Å². The predicted molar refractivity (Wildman–Crippen MR) is 67.4 cm³/mol. The maximum absolute atomic E-state index is 12.0. The lowest BCUT2D eigenvalue weighted by atomic mass is 10.2. The maximum Gasteiger partial charge on any atom is 0.258 e. The van der Waals surface area contributed by atoms with Crippen molar-refractivity contribution in [3.05, 3.63) is 5.56 Å². The van der Waals surface area contributed by atoms with E-state index in [0.717, 1.165) is 12.8 Å². The van der Waals surface area contributed by atoms with Gasteiger partial charge in [-0.25, -0.2) is 0 Å². The van der Waals surface area contributed by atoms with E-state index in [4.69, 9.17) is 10.8 Å². The van der Waals surface area contributed by atoms with Crippen LogP contribution < -0.4 is 16.0 Å². The number of nitrogens with zero attached hydrogens (tertiary/aromatic N) is 2. The van der Waals surface area contributed by atoms with Gasteiger partial charge in [-0.3, -0.25) is 4.79 Å². The summed E-state index contributed by atoms with van der Waals surface area (Å²) >= 11 is 1.18. The monoisotopic (exact) mass is 256 g/mol. The third-order valence-corrected chi connectivity index (χ3v) is 3.60. The maximum atomic E-state index is 12.0. The zero-order valence-electron chi connectivity index (χ0n) is 9.64. The van der Waals surface area contributed by atoms with Gasteiger partial charge in [0, 0.05) is 19.6 Å². The molecule has 4 N–H and O–H groups in total. The Morgan fingerprint density at radius 3 is 3.00 bits per heavy atom. The van der Waals surface area contributed by atoms with E-state index in [1.54, 1.807) is 11.9 Å². The number of nitrogens with two attached hydrogens (primary N) is 1. The number of anilines is 2. The number of nitrogens with one attached hydrogen (secondary N) is 1. The fourth-order valence-corrected chi connectivity index (χ4v) is 2.30. The summed E-state index contributed by atoms with van der Waals surface area (Å²) in [6.07, 6.45) is 2.07. The fourth-order valence-electron chi connectivity index (χ4n) is 1.50. The number of aliphatic hydroxyl groups is 1. The number of hydrogen-bond donors (Lipinski definition) is 3. The van der Waals surface area contributed by atoms with E-state index < -0.39 is 0 Å². The Labute approximate surface area is 104 Å². The van der Waals surface area contributed by atoms with E-state index in [-0.39, 0.29) is 24.4 Å². The molecule has 1 aromatic heterocycles. The zero-order valence-corrected chi connectivity index (χ0v) is 10.5. The Morgan fingerprint density at radius 1 is 1.71 bits per heavy atom. The van der Waals surface area contributed by atoms with Crippen LogP contribution in [0.1, 0.15) is 23.2 Å². The molecule has 1 saturated carbocycles. The highest BCUT2D eigenvalue weighted by atomic mass is 32.1. The molecule has 1 amide bonds. The molecule has 2 rings (SSSR count). The van der Waals surface area contributed by atoms with E-state index in [2.05, 4.69) is 9.69 Å². The molecule has 0 unspecified atom stereocenters. The second-order valence-electron chi connectivity index (χ2n) is 4.14. The molecule has 1 fully saturated rings. The highest BCUT2D eigenvalue weighted by molar-refractivity contribution is 7.11. The van der Waals surface area contributed by atoms with Crippen molar-refractivity contribution in [3.8, 4) is 0 Å². The van der Waals surface area contributed by atoms with Crippen molar-refractivity contribution < 1.29 is 9.90 Å². The van der Waals surface area contributed by atoms with E-state index in [0.29, 0.717) is 17.1 Å². The lowest BCUT2D eigenvalue weighted by Gasteiger charge is -2.16. The van der Waals surface area contributed by atoms with Crippen molar-refractivity contribution in [2.45, 2.75) is 18.9 Å². The van der Waals surface area contributed by atoms with E-state index in [1.165, 1.54) is 11.5 Å². The van der Waals surface area contributed by atoms with Crippen LogP contribution in [0.5, 0.6) is 0 Å². The van der Waals surface area contributed by atoms with Crippen molar-refractivity contribution in [2.24, 2.45) is 0 Å². The first kappa shape index (κ1) is 12.1. The van der Waals surface area contributed by atoms with Gasteiger partial charge in [-0.1, -0.05) is 0 Å². The molecule has 7 heteroatoms. The first-order valence-corrected chi connectivity index (χ1v) is 6.28. The Kier molecular flexibility index (Phi) is 3.49. The minimum absolute atomic E-state index is 0.0258. The molecule has 1 heterocycles. The zero-order chi connectivity index (χ0) is 12.4. The number of nitrogen functional groups attached to an aromatic ring is 1. The molecule has 1 aromatic rings. The number of rotatable bonds is 5. The molecule has 94 valence electrons. The highest BCUT2D eigenvalue weighted by Crippen LogP contribution is 2.30. The van der Waals surface area contributed by atoms with Gasteiger partial charge >= 0.3 is 0 Å². The van der Waals surface area contributed by atoms with Crippen LogP contribution in [0.2, 0.25) is 0 Å². The SMILES string of the molecule is CN(CCO)c1snc(N)c1C(=O)NC1CC1.